The van der Waals surface area contributed by atoms with Crippen molar-refractivity contribution in [2.75, 3.05) is 18.9 Å². The van der Waals surface area contributed by atoms with E-state index in [1.165, 1.54) is 23.5 Å². The van der Waals surface area contributed by atoms with Crippen molar-refractivity contribution >= 4 is 35.3 Å². The van der Waals surface area contributed by atoms with Crippen LogP contribution in [0.4, 0.5) is 0 Å². The van der Waals surface area contributed by atoms with Crippen LogP contribution in [0, 0.1) is 0 Å². The molecule has 2 heterocycles. The zero-order valence-corrected chi connectivity index (χ0v) is 12.2. The summed E-state index contributed by atoms with van der Waals surface area (Å²) in [5.41, 5.74) is 0.949. The Hall–Kier alpha value is -0.880. The lowest BCUT2D eigenvalue weighted by Crippen LogP contribution is -2.26. The Morgan fingerprint density at radius 1 is 1.39 bits per heavy atom. The average Bonchev–Trinajstić information content (AvgIpc) is 2.67. The van der Waals surface area contributed by atoms with Crippen LogP contribution >= 0.6 is 23.5 Å². The Bertz CT molecular complexity index is 468. The summed E-state index contributed by atoms with van der Waals surface area (Å²) < 4.78 is 5.06. The number of carbonyl (C=O) groups excluding carboxylic acids is 2. The summed E-state index contributed by atoms with van der Waals surface area (Å²) >= 11 is 2.90. The zero-order valence-electron chi connectivity index (χ0n) is 10.6. The third-order valence-corrected chi connectivity index (χ3v) is 5.28. The van der Waals surface area contributed by atoms with E-state index in [2.05, 4.69) is 0 Å². The fourth-order valence-corrected chi connectivity index (χ4v) is 4.21. The number of ether oxygens (including phenoxy) is 1. The van der Waals surface area contributed by atoms with E-state index in [1.807, 2.05) is 11.8 Å². The molecule has 18 heavy (non-hydrogen) atoms. The molecule has 2 aliphatic rings. The minimum Gasteiger partial charge on any atom is -0.462 e. The Labute approximate surface area is 115 Å². The van der Waals surface area contributed by atoms with Crippen LogP contribution in [0.3, 0.4) is 0 Å². The van der Waals surface area contributed by atoms with Gasteiger partial charge in [0.2, 0.25) is 0 Å². The number of ketones is 1. The van der Waals surface area contributed by atoms with Crippen LogP contribution in [0.1, 0.15) is 20.8 Å². The normalized spacial score (nSPS) is 19.2. The van der Waals surface area contributed by atoms with E-state index in [0.29, 0.717) is 11.5 Å². The van der Waals surface area contributed by atoms with Gasteiger partial charge in [-0.3, -0.25) is 4.79 Å². The number of esters is 1. The highest BCUT2D eigenvalue weighted by molar-refractivity contribution is 8.10. The van der Waals surface area contributed by atoms with Crippen molar-refractivity contribution in [1.29, 1.82) is 0 Å². The smallest absolute Gasteiger partial charge is 0.347 e. The largest absolute Gasteiger partial charge is 0.462 e. The van der Waals surface area contributed by atoms with E-state index in [1.54, 1.807) is 13.8 Å². The molecule has 0 atom stereocenters. The molecule has 0 aromatic heterocycles. The molecule has 0 saturated heterocycles. The van der Waals surface area contributed by atoms with E-state index in [0.717, 1.165) is 27.9 Å². The van der Waals surface area contributed by atoms with Gasteiger partial charge in [0.05, 0.1) is 11.5 Å². The molecule has 0 radical (unpaired) electrons. The fraction of sp³-hybridized carbons (Fsp3) is 0.500. The van der Waals surface area contributed by atoms with E-state index < -0.39 is 0 Å². The van der Waals surface area contributed by atoms with E-state index in [9.17, 15) is 9.59 Å². The summed E-state index contributed by atoms with van der Waals surface area (Å²) in [6.07, 6.45) is 0. The summed E-state index contributed by atoms with van der Waals surface area (Å²) in [6, 6.07) is 0. The van der Waals surface area contributed by atoms with Crippen LogP contribution in [0.25, 0.3) is 0 Å². The van der Waals surface area contributed by atoms with Crippen LogP contribution in [-0.4, -0.2) is 35.6 Å². The number of hydrogen-bond acceptors (Lipinski definition) is 6. The van der Waals surface area contributed by atoms with Crippen molar-refractivity contribution in [3.8, 4) is 0 Å². The van der Waals surface area contributed by atoms with Gasteiger partial charge >= 0.3 is 5.97 Å². The Morgan fingerprint density at radius 3 is 2.72 bits per heavy atom. The van der Waals surface area contributed by atoms with Crippen LogP contribution < -0.4 is 0 Å². The molecular weight excluding hydrogens is 270 g/mol. The molecule has 0 N–H and O–H groups in total. The first-order chi connectivity index (χ1) is 8.56. The molecule has 0 fully saturated rings. The predicted molar refractivity (Wildman–Crippen MR) is 73.8 cm³/mol. The van der Waals surface area contributed by atoms with Crippen LogP contribution in [0.2, 0.25) is 0 Å². The summed E-state index contributed by atoms with van der Waals surface area (Å²) in [5.74, 6) is 0.598. The molecule has 0 aliphatic carbocycles. The lowest BCUT2D eigenvalue weighted by atomic mass is 10.3. The van der Waals surface area contributed by atoms with Crippen LogP contribution in [0.5, 0.6) is 0 Å². The third-order valence-electron chi connectivity index (χ3n) is 2.71. The van der Waals surface area contributed by atoms with Crippen molar-refractivity contribution in [2.45, 2.75) is 20.8 Å². The van der Waals surface area contributed by atoms with Crippen molar-refractivity contribution in [1.82, 2.24) is 4.90 Å². The SMILES string of the molecule is CCOC(=O)C1=C2SC(C(C)=O)=C(C)N2CCS1. The zero-order chi connectivity index (χ0) is 13.3. The van der Waals surface area contributed by atoms with Gasteiger partial charge in [-0.1, -0.05) is 11.8 Å². The number of thioether (sulfide) groups is 2. The first-order valence-corrected chi connectivity index (χ1v) is 7.57. The molecule has 2 rings (SSSR count). The van der Waals surface area contributed by atoms with Gasteiger partial charge in [-0.05, 0) is 20.8 Å². The Kier molecular flexibility index (Phi) is 4.07. The Balaban J connectivity index is 2.34. The van der Waals surface area contributed by atoms with Crippen molar-refractivity contribution in [3.05, 3.63) is 20.5 Å². The fourth-order valence-electron chi connectivity index (χ4n) is 1.91. The van der Waals surface area contributed by atoms with Crippen LogP contribution in [0.15, 0.2) is 20.5 Å². The number of nitrogens with zero attached hydrogens (tertiary/aromatic N) is 1. The topological polar surface area (TPSA) is 46.6 Å². The first-order valence-electron chi connectivity index (χ1n) is 5.77. The van der Waals surface area contributed by atoms with Gasteiger partial charge in [0.25, 0.3) is 0 Å². The number of allylic oxidation sites excluding steroid dienone is 2. The van der Waals surface area contributed by atoms with E-state index in [-0.39, 0.29) is 11.8 Å². The first kappa shape index (κ1) is 13.5. The van der Waals surface area contributed by atoms with Gasteiger partial charge in [-0.2, -0.15) is 0 Å². The minimum absolute atomic E-state index is 0.0487. The van der Waals surface area contributed by atoms with Gasteiger partial charge in [0.15, 0.2) is 5.78 Å². The maximum absolute atomic E-state index is 11.9. The Morgan fingerprint density at radius 2 is 2.11 bits per heavy atom. The molecule has 0 bridgehead atoms. The number of carbonyl (C=O) groups is 2. The van der Waals surface area contributed by atoms with Gasteiger partial charge in [0.1, 0.15) is 9.93 Å². The van der Waals surface area contributed by atoms with Crippen molar-refractivity contribution in [2.24, 2.45) is 0 Å². The summed E-state index contributed by atoms with van der Waals surface area (Å²) in [7, 11) is 0. The second-order valence-electron chi connectivity index (χ2n) is 3.93. The molecule has 0 saturated carbocycles. The lowest BCUT2D eigenvalue weighted by Gasteiger charge is -2.27. The highest BCUT2D eigenvalue weighted by Crippen LogP contribution is 2.47. The molecule has 4 nitrogen and oxygen atoms in total. The van der Waals surface area contributed by atoms with E-state index >= 15 is 0 Å². The highest BCUT2D eigenvalue weighted by atomic mass is 32.2. The second kappa shape index (κ2) is 5.40. The maximum atomic E-state index is 11.9. The molecule has 6 heteroatoms. The molecule has 0 aromatic rings. The summed E-state index contributed by atoms with van der Waals surface area (Å²) in [6.45, 7) is 6.48. The average molecular weight is 285 g/mol. The maximum Gasteiger partial charge on any atom is 0.347 e. The molecule has 0 aromatic carbocycles. The quantitative estimate of drug-likeness (QED) is 0.742. The van der Waals surface area contributed by atoms with Crippen molar-refractivity contribution < 1.29 is 14.3 Å². The molecule has 2 aliphatic heterocycles. The van der Waals surface area contributed by atoms with Gasteiger partial charge < -0.3 is 9.64 Å². The highest BCUT2D eigenvalue weighted by Gasteiger charge is 2.35. The van der Waals surface area contributed by atoms with Gasteiger partial charge in [-0.15, -0.1) is 11.8 Å². The number of hydrogen-bond donors (Lipinski definition) is 0. The summed E-state index contributed by atoms with van der Waals surface area (Å²) in [4.78, 5) is 26.8. The second-order valence-corrected chi connectivity index (χ2v) is 6.03. The van der Waals surface area contributed by atoms with Crippen LogP contribution in [-0.2, 0) is 14.3 Å². The number of rotatable bonds is 3. The lowest BCUT2D eigenvalue weighted by molar-refractivity contribution is -0.137. The summed E-state index contributed by atoms with van der Waals surface area (Å²) in [5, 5.41) is 0.854. The number of Topliss-reactive ketones (excluding diaryl/α,β-unsaturated/α-hetero) is 1. The predicted octanol–water partition coefficient (Wildman–Crippen LogP) is 2.33. The van der Waals surface area contributed by atoms with Crippen molar-refractivity contribution in [3.63, 3.8) is 0 Å². The van der Waals surface area contributed by atoms with Gasteiger partial charge in [-0.25, -0.2) is 4.79 Å². The molecule has 0 spiro atoms. The molecular formula is C12H15NO3S2. The molecule has 0 amide bonds. The standard InChI is InChI=1S/C12H15NO3S2/c1-4-16-12(15)10-11-13(5-6-17-10)7(2)9(18-11)8(3)14/h4-6H2,1-3H3. The molecule has 0 unspecified atom stereocenters. The molecule has 98 valence electrons. The number of fused-ring (bicyclic) bond motifs is 1. The third kappa shape index (κ3) is 2.31. The monoisotopic (exact) mass is 285 g/mol. The van der Waals surface area contributed by atoms with Gasteiger partial charge in [0, 0.05) is 18.0 Å². The minimum atomic E-state index is -0.285. The van der Waals surface area contributed by atoms with E-state index in [4.69, 9.17) is 4.74 Å².